The highest BCUT2D eigenvalue weighted by molar-refractivity contribution is 5.83. The Balaban J connectivity index is 2.47. The molecule has 0 aliphatic heterocycles. The van der Waals surface area contributed by atoms with Crippen molar-refractivity contribution in [2.75, 3.05) is 13.2 Å². The molecule has 15 heavy (non-hydrogen) atoms. The fraction of sp³-hybridized carbons (Fsp3) is 0.333. The summed E-state index contributed by atoms with van der Waals surface area (Å²) < 4.78 is 11.1. The standard InChI is InChI=1S/C12H15NO2/c1-3-14-11-7-9-5-6-13-10(9)8-12(11)15-4-2/h5-8,13H,3-4H2,1-2H3. The summed E-state index contributed by atoms with van der Waals surface area (Å²) >= 11 is 0. The Hall–Kier alpha value is -1.64. The molecule has 80 valence electrons. The molecule has 0 spiro atoms. The molecule has 1 aromatic heterocycles. The summed E-state index contributed by atoms with van der Waals surface area (Å²) in [5.41, 5.74) is 1.07. The van der Waals surface area contributed by atoms with Crippen molar-refractivity contribution in [1.82, 2.24) is 4.98 Å². The predicted octanol–water partition coefficient (Wildman–Crippen LogP) is 2.97. The first-order valence-corrected chi connectivity index (χ1v) is 5.22. The van der Waals surface area contributed by atoms with Gasteiger partial charge < -0.3 is 14.5 Å². The van der Waals surface area contributed by atoms with Gasteiger partial charge >= 0.3 is 0 Å². The van der Waals surface area contributed by atoms with E-state index in [4.69, 9.17) is 9.47 Å². The zero-order chi connectivity index (χ0) is 10.7. The van der Waals surface area contributed by atoms with Gasteiger partial charge in [0, 0.05) is 23.2 Å². The van der Waals surface area contributed by atoms with E-state index in [-0.39, 0.29) is 0 Å². The van der Waals surface area contributed by atoms with Crippen molar-refractivity contribution in [2.45, 2.75) is 13.8 Å². The predicted molar refractivity (Wildman–Crippen MR) is 60.6 cm³/mol. The molecule has 0 unspecified atom stereocenters. The first-order valence-electron chi connectivity index (χ1n) is 5.22. The Kier molecular flexibility index (Phi) is 2.81. The van der Waals surface area contributed by atoms with Crippen LogP contribution < -0.4 is 9.47 Å². The summed E-state index contributed by atoms with van der Waals surface area (Å²) in [7, 11) is 0. The molecule has 0 saturated heterocycles. The molecule has 0 fully saturated rings. The lowest BCUT2D eigenvalue weighted by molar-refractivity contribution is 0.288. The Morgan fingerprint density at radius 2 is 1.73 bits per heavy atom. The quantitative estimate of drug-likeness (QED) is 0.832. The molecule has 0 saturated carbocycles. The maximum Gasteiger partial charge on any atom is 0.163 e. The van der Waals surface area contributed by atoms with E-state index in [2.05, 4.69) is 4.98 Å². The zero-order valence-corrected chi connectivity index (χ0v) is 9.04. The molecule has 0 atom stereocenters. The summed E-state index contributed by atoms with van der Waals surface area (Å²) in [6, 6.07) is 6.00. The number of rotatable bonds is 4. The van der Waals surface area contributed by atoms with Crippen molar-refractivity contribution in [3.8, 4) is 11.5 Å². The summed E-state index contributed by atoms with van der Waals surface area (Å²) in [5.74, 6) is 1.61. The van der Waals surface area contributed by atoms with Crippen LogP contribution >= 0.6 is 0 Å². The van der Waals surface area contributed by atoms with Gasteiger partial charge in [-0.15, -0.1) is 0 Å². The number of H-pyrrole nitrogens is 1. The van der Waals surface area contributed by atoms with Crippen LogP contribution in [-0.2, 0) is 0 Å². The van der Waals surface area contributed by atoms with Crippen LogP contribution in [0.4, 0.5) is 0 Å². The number of hydrogen-bond donors (Lipinski definition) is 1. The topological polar surface area (TPSA) is 34.2 Å². The van der Waals surface area contributed by atoms with E-state index in [9.17, 15) is 0 Å². The van der Waals surface area contributed by atoms with Crippen LogP contribution in [-0.4, -0.2) is 18.2 Å². The molecule has 2 aromatic rings. The van der Waals surface area contributed by atoms with E-state index in [1.807, 2.05) is 38.2 Å². The van der Waals surface area contributed by atoms with E-state index < -0.39 is 0 Å². The van der Waals surface area contributed by atoms with Gasteiger partial charge in [0.15, 0.2) is 11.5 Å². The van der Waals surface area contributed by atoms with Gasteiger partial charge in [-0.05, 0) is 26.0 Å². The highest BCUT2D eigenvalue weighted by Gasteiger charge is 2.07. The number of aromatic nitrogens is 1. The van der Waals surface area contributed by atoms with E-state index in [0.29, 0.717) is 13.2 Å². The van der Waals surface area contributed by atoms with Gasteiger partial charge in [-0.2, -0.15) is 0 Å². The third-order valence-corrected chi connectivity index (χ3v) is 2.22. The van der Waals surface area contributed by atoms with Crippen molar-refractivity contribution < 1.29 is 9.47 Å². The number of ether oxygens (including phenoxy) is 2. The molecule has 3 heteroatoms. The highest BCUT2D eigenvalue weighted by atomic mass is 16.5. The number of hydrogen-bond acceptors (Lipinski definition) is 2. The Labute approximate surface area is 89.0 Å². The molecule has 1 aromatic carbocycles. The molecular weight excluding hydrogens is 190 g/mol. The summed E-state index contributed by atoms with van der Waals surface area (Å²) in [6.45, 7) is 5.23. The average Bonchev–Trinajstić information content (AvgIpc) is 2.66. The van der Waals surface area contributed by atoms with Gasteiger partial charge in [0.05, 0.1) is 13.2 Å². The maximum atomic E-state index is 5.53. The van der Waals surface area contributed by atoms with Crippen LogP contribution in [0.2, 0.25) is 0 Å². The summed E-state index contributed by atoms with van der Waals surface area (Å²) in [6.07, 6.45) is 1.91. The monoisotopic (exact) mass is 205 g/mol. The lowest BCUT2D eigenvalue weighted by Gasteiger charge is -2.10. The largest absolute Gasteiger partial charge is 0.490 e. The van der Waals surface area contributed by atoms with E-state index in [1.54, 1.807) is 0 Å². The van der Waals surface area contributed by atoms with Crippen molar-refractivity contribution in [1.29, 1.82) is 0 Å². The third-order valence-electron chi connectivity index (χ3n) is 2.22. The Bertz CT molecular complexity index is 408. The third kappa shape index (κ3) is 1.91. The smallest absolute Gasteiger partial charge is 0.163 e. The molecule has 2 rings (SSSR count). The summed E-state index contributed by atoms with van der Waals surface area (Å²) in [4.78, 5) is 3.15. The van der Waals surface area contributed by atoms with E-state index in [0.717, 1.165) is 22.4 Å². The van der Waals surface area contributed by atoms with Crippen molar-refractivity contribution in [3.63, 3.8) is 0 Å². The SMILES string of the molecule is CCOc1cc2cc[nH]c2cc1OCC. The Morgan fingerprint density at radius 3 is 2.40 bits per heavy atom. The molecule has 1 heterocycles. The molecule has 0 bridgehead atoms. The molecule has 0 aliphatic carbocycles. The second-order valence-corrected chi connectivity index (χ2v) is 3.23. The van der Waals surface area contributed by atoms with Gasteiger partial charge in [-0.25, -0.2) is 0 Å². The van der Waals surface area contributed by atoms with Crippen LogP contribution in [0, 0.1) is 0 Å². The first kappa shape index (κ1) is 9.90. The molecule has 0 aliphatic rings. The fourth-order valence-electron chi connectivity index (χ4n) is 1.60. The zero-order valence-electron chi connectivity index (χ0n) is 9.04. The molecular formula is C12H15NO2. The van der Waals surface area contributed by atoms with Gasteiger partial charge in [0.25, 0.3) is 0 Å². The first-order chi connectivity index (χ1) is 7.35. The van der Waals surface area contributed by atoms with Gasteiger partial charge in [0.1, 0.15) is 0 Å². The van der Waals surface area contributed by atoms with Crippen molar-refractivity contribution in [2.24, 2.45) is 0 Å². The van der Waals surface area contributed by atoms with Crippen LogP contribution in [0.25, 0.3) is 10.9 Å². The Morgan fingerprint density at radius 1 is 1.07 bits per heavy atom. The minimum atomic E-state index is 0.645. The van der Waals surface area contributed by atoms with E-state index in [1.165, 1.54) is 0 Å². The lowest BCUT2D eigenvalue weighted by atomic mass is 10.2. The molecule has 1 N–H and O–H groups in total. The second kappa shape index (κ2) is 4.26. The number of nitrogens with one attached hydrogen (secondary N) is 1. The van der Waals surface area contributed by atoms with Crippen LogP contribution in [0.5, 0.6) is 11.5 Å². The van der Waals surface area contributed by atoms with Crippen LogP contribution in [0.15, 0.2) is 24.4 Å². The van der Waals surface area contributed by atoms with Crippen molar-refractivity contribution >= 4 is 10.9 Å². The normalized spacial score (nSPS) is 10.5. The number of benzene rings is 1. The summed E-state index contributed by atoms with van der Waals surface area (Å²) in [5, 5.41) is 1.14. The molecule has 0 radical (unpaired) electrons. The van der Waals surface area contributed by atoms with Gasteiger partial charge in [-0.3, -0.25) is 0 Å². The van der Waals surface area contributed by atoms with E-state index >= 15 is 0 Å². The number of aromatic amines is 1. The van der Waals surface area contributed by atoms with Crippen LogP contribution in [0.1, 0.15) is 13.8 Å². The van der Waals surface area contributed by atoms with Crippen molar-refractivity contribution in [3.05, 3.63) is 24.4 Å². The minimum absolute atomic E-state index is 0.645. The lowest BCUT2D eigenvalue weighted by Crippen LogP contribution is -1.98. The maximum absolute atomic E-state index is 5.53. The minimum Gasteiger partial charge on any atom is -0.490 e. The highest BCUT2D eigenvalue weighted by Crippen LogP contribution is 2.32. The molecule has 0 amide bonds. The molecule has 3 nitrogen and oxygen atoms in total. The fourth-order valence-corrected chi connectivity index (χ4v) is 1.60. The second-order valence-electron chi connectivity index (χ2n) is 3.23. The van der Waals surface area contributed by atoms with Gasteiger partial charge in [-0.1, -0.05) is 0 Å². The van der Waals surface area contributed by atoms with Gasteiger partial charge in [0.2, 0.25) is 0 Å². The average molecular weight is 205 g/mol. The van der Waals surface area contributed by atoms with Crippen LogP contribution in [0.3, 0.4) is 0 Å². The number of fused-ring (bicyclic) bond motifs is 1.